The minimum atomic E-state index is -1.87. The molecule has 186 valence electrons. The molecule has 0 radical (unpaired) electrons. The van der Waals surface area contributed by atoms with Gasteiger partial charge in [-0.1, -0.05) is 0 Å². The van der Waals surface area contributed by atoms with E-state index in [9.17, 15) is 35.1 Å². The molecule has 14 nitrogen and oxygen atoms in total. The highest BCUT2D eigenvalue weighted by molar-refractivity contribution is 5.73. The van der Waals surface area contributed by atoms with Gasteiger partial charge in [-0.2, -0.15) is 0 Å². The largest absolute Gasteiger partial charge is 0.479 e. The van der Waals surface area contributed by atoms with Gasteiger partial charge in [0.15, 0.2) is 18.7 Å². The van der Waals surface area contributed by atoms with Gasteiger partial charge in [0, 0.05) is 13.5 Å². The summed E-state index contributed by atoms with van der Waals surface area (Å²) in [5.74, 6) is -2.08. The Morgan fingerprint density at radius 2 is 1.66 bits per heavy atom. The molecule has 10 atom stereocenters. The number of aliphatic hydroxyl groups excluding tert-OH is 4. The Bertz CT molecular complexity index is 625. The zero-order valence-electron chi connectivity index (χ0n) is 17.8. The zero-order valence-corrected chi connectivity index (χ0v) is 17.8. The summed E-state index contributed by atoms with van der Waals surface area (Å²) in [6.07, 6.45) is -13.6. The van der Waals surface area contributed by atoms with Gasteiger partial charge >= 0.3 is 5.97 Å². The number of ether oxygens (including phenoxy) is 5. The quantitative estimate of drug-likeness (QED) is 0.152. The molecular weight excluding hydrogens is 436 g/mol. The van der Waals surface area contributed by atoms with E-state index in [1.54, 1.807) is 0 Å². The average molecular weight is 468 g/mol. The average Bonchev–Trinajstić information content (AvgIpc) is 2.73. The van der Waals surface area contributed by atoms with Crippen LogP contribution in [0.4, 0.5) is 0 Å². The smallest absolute Gasteiger partial charge is 0.335 e. The fourth-order valence-corrected chi connectivity index (χ4v) is 3.42. The Balaban J connectivity index is 2.20. The Kier molecular flexibility index (Phi) is 10.2. The summed E-state index contributed by atoms with van der Waals surface area (Å²) < 4.78 is 27.2. The first-order chi connectivity index (χ1) is 15.1. The van der Waals surface area contributed by atoms with Crippen LogP contribution in [0.2, 0.25) is 0 Å². The molecule has 1 amide bonds. The standard InChI is InChI=1S/C18H32N2O12/c1-7-10(22)11(23)9(20-8(2)21)17(30-7)32-15-13(25)12(24)14(16(26)27)31-18(15)29-6-5-28-4-3-19/h7,9-15,17-18,22-25H,3-6,19H2,1-2H3,(H,20,21)(H,26,27)/t7?,9?,10-,11?,12+,13?,14?,15?,17+,18-/m1/s1. The van der Waals surface area contributed by atoms with Crippen molar-refractivity contribution in [1.29, 1.82) is 0 Å². The summed E-state index contributed by atoms with van der Waals surface area (Å²) in [4.78, 5) is 23.0. The molecule has 0 bridgehead atoms. The Morgan fingerprint density at radius 1 is 0.969 bits per heavy atom. The number of carboxylic acid groups (broad SMARTS) is 1. The van der Waals surface area contributed by atoms with Crippen LogP contribution in [-0.4, -0.2) is 125 Å². The number of rotatable bonds is 10. The highest BCUT2D eigenvalue weighted by Gasteiger charge is 2.52. The molecule has 0 aliphatic carbocycles. The van der Waals surface area contributed by atoms with E-state index in [1.165, 1.54) is 13.8 Å². The number of hydrogen-bond acceptors (Lipinski definition) is 12. The van der Waals surface area contributed by atoms with Gasteiger partial charge < -0.3 is 60.3 Å². The number of nitrogens with two attached hydrogens (primary N) is 1. The lowest BCUT2D eigenvalue weighted by atomic mass is 9.96. The molecule has 0 saturated carbocycles. The van der Waals surface area contributed by atoms with Crippen LogP contribution in [0.25, 0.3) is 0 Å². The molecule has 0 aromatic heterocycles. The number of aliphatic carboxylic acids is 1. The van der Waals surface area contributed by atoms with Crippen molar-refractivity contribution in [2.45, 2.75) is 75.2 Å². The van der Waals surface area contributed by atoms with E-state index in [-0.39, 0.29) is 26.4 Å². The third-order valence-corrected chi connectivity index (χ3v) is 5.06. The molecular formula is C18H32N2O12. The van der Waals surface area contributed by atoms with Crippen LogP contribution in [0.5, 0.6) is 0 Å². The van der Waals surface area contributed by atoms with Crippen LogP contribution in [0.1, 0.15) is 13.8 Å². The van der Waals surface area contributed by atoms with Crippen molar-refractivity contribution in [2.24, 2.45) is 5.73 Å². The van der Waals surface area contributed by atoms with Gasteiger partial charge in [-0.25, -0.2) is 4.79 Å². The van der Waals surface area contributed by atoms with Crippen LogP contribution < -0.4 is 11.1 Å². The van der Waals surface area contributed by atoms with E-state index in [0.717, 1.165) is 0 Å². The summed E-state index contributed by atoms with van der Waals surface area (Å²) in [7, 11) is 0. The lowest BCUT2D eigenvalue weighted by Gasteiger charge is -2.46. The molecule has 6 unspecified atom stereocenters. The topological polar surface area (TPSA) is 219 Å². The number of amides is 1. The third-order valence-electron chi connectivity index (χ3n) is 5.06. The molecule has 0 aromatic carbocycles. The van der Waals surface area contributed by atoms with Crippen molar-refractivity contribution in [2.75, 3.05) is 26.4 Å². The molecule has 32 heavy (non-hydrogen) atoms. The van der Waals surface area contributed by atoms with Crippen LogP contribution in [0.3, 0.4) is 0 Å². The zero-order chi connectivity index (χ0) is 24.0. The Hall–Kier alpha value is -1.46. The maximum Gasteiger partial charge on any atom is 0.335 e. The maximum absolute atomic E-state index is 11.6. The molecule has 2 rings (SSSR count). The minimum Gasteiger partial charge on any atom is -0.479 e. The summed E-state index contributed by atoms with van der Waals surface area (Å²) in [6.45, 7) is 3.18. The second-order valence-corrected chi connectivity index (χ2v) is 7.53. The highest BCUT2D eigenvalue weighted by Crippen LogP contribution is 2.29. The third kappa shape index (κ3) is 6.54. The Morgan fingerprint density at radius 3 is 2.25 bits per heavy atom. The Labute approximate surface area is 184 Å². The van der Waals surface area contributed by atoms with Gasteiger partial charge in [0.1, 0.15) is 36.6 Å². The van der Waals surface area contributed by atoms with Gasteiger partial charge in [0.25, 0.3) is 0 Å². The van der Waals surface area contributed by atoms with Crippen molar-refractivity contribution in [1.82, 2.24) is 5.32 Å². The van der Waals surface area contributed by atoms with E-state index in [1.807, 2.05) is 0 Å². The molecule has 2 aliphatic rings. The molecule has 8 N–H and O–H groups in total. The predicted molar refractivity (Wildman–Crippen MR) is 103 cm³/mol. The van der Waals surface area contributed by atoms with Gasteiger partial charge in [-0.15, -0.1) is 0 Å². The van der Waals surface area contributed by atoms with Crippen molar-refractivity contribution >= 4 is 11.9 Å². The number of hydrogen-bond donors (Lipinski definition) is 7. The molecule has 0 spiro atoms. The van der Waals surface area contributed by atoms with Gasteiger partial charge in [-0.3, -0.25) is 4.79 Å². The predicted octanol–water partition coefficient (Wildman–Crippen LogP) is -4.13. The van der Waals surface area contributed by atoms with Gasteiger partial charge in [0.2, 0.25) is 5.91 Å². The van der Waals surface area contributed by atoms with Crippen LogP contribution >= 0.6 is 0 Å². The van der Waals surface area contributed by atoms with Crippen LogP contribution in [0, 0.1) is 0 Å². The SMILES string of the molecule is CC(=O)NC1C(O)[C@H](O)C(C)O[C@H]1OC1C(O)[C@H](O)C(C(=O)O)O[C@H]1OCCOCCN. The van der Waals surface area contributed by atoms with Crippen molar-refractivity contribution in [3.63, 3.8) is 0 Å². The molecule has 2 fully saturated rings. The molecule has 0 aromatic rings. The molecule has 2 heterocycles. The lowest BCUT2D eigenvalue weighted by molar-refractivity contribution is -0.349. The monoisotopic (exact) mass is 468 g/mol. The fourth-order valence-electron chi connectivity index (χ4n) is 3.42. The van der Waals surface area contributed by atoms with Crippen molar-refractivity contribution < 1.29 is 58.8 Å². The fraction of sp³-hybridized carbons (Fsp3) is 0.889. The van der Waals surface area contributed by atoms with E-state index in [2.05, 4.69) is 5.32 Å². The van der Waals surface area contributed by atoms with E-state index >= 15 is 0 Å². The van der Waals surface area contributed by atoms with Crippen LogP contribution in [0.15, 0.2) is 0 Å². The normalized spacial score (nSPS) is 40.1. The first-order valence-corrected chi connectivity index (χ1v) is 10.2. The van der Waals surface area contributed by atoms with Gasteiger partial charge in [-0.05, 0) is 6.92 Å². The molecule has 2 aliphatic heterocycles. The second kappa shape index (κ2) is 12.1. The maximum atomic E-state index is 11.6. The van der Waals surface area contributed by atoms with Crippen molar-refractivity contribution in [3.8, 4) is 0 Å². The number of aliphatic hydroxyl groups is 4. The minimum absolute atomic E-state index is 0.0799. The first kappa shape index (κ1) is 26.8. The van der Waals surface area contributed by atoms with Gasteiger partial charge in [0.05, 0.1) is 25.9 Å². The lowest BCUT2D eigenvalue weighted by Crippen LogP contribution is -2.67. The molecule has 2 saturated heterocycles. The van der Waals surface area contributed by atoms with Crippen LogP contribution in [-0.2, 0) is 33.3 Å². The number of carboxylic acids is 1. The number of carbonyl (C=O) groups excluding carboxylic acids is 1. The van der Waals surface area contributed by atoms with E-state index in [0.29, 0.717) is 0 Å². The van der Waals surface area contributed by atoms with E-state index in [4.69, 9.17) is 29.4 Å². The summed E-state index contributed by atoms with van der Waals surface area (Å²) in [5.41, 5.74) is 5.33. The summed E-state index contributed by atoms with van der Waals surface area (Å²) in [6, 6.07) is -1.24. The van der Waals surface area contributed by atoms with E-state index < -0.39 is 73.2 Å². The first-order valence-electron chi connectivity index (χ1n) is 10.2. The number of nitrogens with one attached hydrogen (secondary N) is 1. The van der Waals surface area contributed by atoms with Crippen molar-refractivity contribution in [3.05, 3.63) is 0 Å². The highest BCUT2D eigenvalue weighted by atomic mass is 16.8. The summed E-state index contributed by atoms with van der Waals surface area (Å²) in [5, 5.41) is 52.9. The molecule has 14 heteroatoms. The number of carbonyl (C=O) groups is 2. The second-order valence-electron chi connectivity index (χ2n) is 7.53. The summed E-state index contributed by atoms with van der Waals surface area (Å²) >= 11 is 0.